The van der Waals surface area contributed by atoms with Crippen LogP contribution in [-0.2, 0) is 4.79 Å². The first-order valence-corrected chi connectivity index (χ1v) is 11.1. The molecule has 1 heterocycles. The van der Waals surface area contributed by atoms with Crippen molar-refractivity contribution in [3.8, 4) is 0 Å². The molecule has 5 nitrogen and oxygen atoms in total. The van der Waals surface area contributed by atoms with Crippen LogP contribution < -0.4 is 10.2 Å². The van der Waals surface area contributed by atoms with Crippen LogP contribution in [0.1, 0.15) is 28.8 Å². The van der Waals surface area contributed by atoms with Crippen LogP contribution in [0.5, 0.6) is 0 Å². The first kappa shape index (κ1) is 21.8. The Kier molecular flexibility index (Phi) is 6.97. The van der Waals surface area contributed by atoms with Gasteiger partial charge < -0.3 is 5.32 Å². The number of para-hydroxylation sites is 2. The fraction of sp³-hybridized carbons (Fsp3) is 0.259. The number of nitrogens with zero attached hydrogens (tertiary/aromatic N) is 2. The Morgan fingerprint density at radius 2 is 1.47 bits per heavy atom. The second-order valence-electron chi connectivity index (χ2n) is 8.29. The van der Waals surface area contributed by atoms with E-state index in [0.29, 0.717) is 12.1 Å². The molecule has 0 radical (unpaired) electrons. The first-order chi connectivity index (χ1) is 15.6. The molecule has 164 valence electrons. The molecule has 0 aliphatic carbocycles. The van der Waals surface area contributed by atoms with Gasteiger partial charge in [-0.05, 0) is 56.2 Å². The number of likely N-dealkylation sites (tertiary alicyclic amines) is 1. The minimum atomic E-state index is -0.0254. The van der Waals surface area contributed by atoms with Gasteiger partial charge in [-0.1, -0.05) is 54.1 Å². The molecule has 4 rings (SSSR count). The number of hydrogen-bond donors (Lipinski definition) is 1. The van der Waals surface area contributed by atoms with Gasteiger partial charge in [0.1, 0.15) is 0 Å². The van der Waals surface area contributed by atoms with Crippen LogP contribution in [0, 0.1) is 6.92 Å². The highest BCUT2D eigenvalue weighted by Crippen LogP contribution is 2.25. The SMILES string of the molecule is Cc1cccc(C(=O)NC2CCN(CC(=O)N(c3ccccc3)c3ccccc3)CC2)c1. The Morgan fingerprint density at radius 1 is 0.875 bits per heavy atom. The summed E-state index contributed by atoms with van der Waals surface area (Å²) in [4.78, 5) is 29.8. The van der Waals surface area contributed by atoms with E-state index < -0.39 is 0 Å². The maximum atomic E-state index is 13.3. The van der Waals surface area contributed by atoms with Gasteiger partial charge in [0.15, 0.2) is 0 Å². The molecule has 5 heteroatoms. The van der Waals surface area contributed by atoms with Gasteiger partial charge in [0.25, 0.3) is 5.91 Å². The summed E-state index contributed by atoms with van der Waals surface area (Å²) < 4.78 is 0. The zero-order chi connectivity index (χ0) is 22.3. The van der Waals surface area contributed by atoms with Gasteiger partial charge in [-0.15, -0.1) is 0 Å². The number of nitrogens with one attached hydrogen (secondary N) is 1. The van der Waals surface area contributed by atoms with E-state index in [1.165, 1.54) is 0 Å². The summed E-state index contributed by atoms with van der Waals surface area (Å²) in [5.74, 6) is 0.0206. The van der Waals surface area contributed by atoms with E-state index in [-0.39, 0.29) is 17.9 Å². The third-order valence-electron chi connectivity index (χ3n) is 5.84. The molecule has 1 saturated heterocycles. The number of anilines is 2. The van der Waals surface area contributed by atoms with Crippen molar-refractivity contribution < 1.29 is 9.59 Å². The summed E-state index contributed by atoms with van der Waals surface area (Å²) in [6.07, 6.45) is 1.67. The number of piperidine rings is 1. The van der Waals surface area contributed by atoms with Crippen LogP contribution in [0.4, 0.5) is 11.4 Å². The largest absolute Gasteiger partial charge is 0.349 e. The number of hydrogen-bond acceptors (Lipinski definition) is 3. The molecule has 1 aliphatic rings. The Bertz CT molecular complexity index is 1010. The van der Waals surface area contributed by atoms with E-state index in [4.69, 9.17) is 0 Å². The molecule has 3 aromatic carbocycles. The van der Waals surface area contributed by atoms with Crippen molar-refractivity contribution in [3.05, 3.63) is 96.1 Å². The number of aryl methyl sites for hydroxylation is 1. The van der Waals surface area contributed by atoms with E-state index in [1.54, 1.807) is 4.90 Å². The van der Waals surface area contributed by atoms with E-state index in [0.717, 1.165) is 42.9 Å². The van der Waals surface area contributed by atoms with Crippen LogP contribution in [0.15, 0.2) is 84.9 Å². The molecule has 0 bridgehead atoms. The number of rotatable bonds is 6. The lowest BCUT2D eigenvalue weighted by Gasteiger charge is -2.33. The molecule has 0 unspecified atom stereocenters. The highest BCUT2D eigenvalue weighted by molar-refractivity contribution is 6.01. The Morgan fingerprint density at radius 3 is 2.03 bits per heavy atom. The average Bonchev–Trinajstić information content (AvgIpc) is 2.82. The van der Waals surface area contributed by atoms with Gasteiger partial charge in [-0.2, -0.15) is 0 Å². The first-order valence-electron chi connectivity index (χ1n) is 11.1. The van der Waals surface area contributed by atoms with Crippen LogP contribution in [-0.4, -0.2) is 42.4 Å². The van der Waals surface area contributed by atoms with Gasteiger partial charge in [-0.3, -0.25) is 19.4 Å². The van der Waals surface area contributed by atoms with Gasteiger partial charge in [0, 0.05) is 36.1 Å². The van der Waals surface area contributed by atoms with Crippen molar-refractivity contribution >= 4 is 23.2 Å². The van der Waals surface area contributed by atoms with E-state index >= 15 is 0 Å². The number of carbonyl (C=O) groups is 2. The van der Waals surface area contributed by atoms with Crippen molar-refractivity contribution in [1.29, 1.82) is 0 Å². The normalized spacial score (nSPS) is 14.7. The van der Waals surface area contributed by atoms with E-state index in [1.807, 2.05) is 91.9 Å². The fourth-order valence-electron chi connectivity index (χ4n) is 4.14. The van der Waals surface area contributed by atoms with Gasteiger partial charge >= 0.3 is 0 Å². The summed E-state index contributed by atoms with van der Waals surface area (Å²) in [6, 6.07) is 27.3. The third kappa shape index (κ3) is 5.42. The fourth-order valence-corrected chi connectivity index (χ4v) is 4.14. The van der Waals surface area contributed by atoms with Gasteiger partial charge in [-0.25, -0.2) is 0 Å². The standard InChI is InChI=1S/C27H29N3O2/c1-21-9-8-10-22(19-21)27(32)28-23-15-17-29(18-16-23)20-26(31)30(24-11-4-2-5-12-24)25-13-6-3-7-14-25/h2-14,19,23H,15-18,20H2,1H3,(H,28,32). The molecule has 1 fully saturated rings. The van der Waals surface area contributed by atoms with Crippen molar-refractivity contribution in [1.82, 2.24) is 10.2 Å². The topological polar surface area (TPSA) is 52.7 Å². The summed E-state index contributed by atoms with van der Waals surface area (Å²) >= 11 is 0. The Balaban J connectivity index is 1.35. The van der Waals surface area contributed by atoms with Crippen LogP contribution >= 0.6 is 0 Å². The zero-order valence-corrected chi connectivity index (χ0v) is 18.4. The minimum Gasteiger partial charge on any atom is -0.349 e. The lowest BCUT2D eigenvalue weighted by Crippen LogP contribution is -2.47. The number of benzene rings is 3. The average molecular weight is 428 g/mol. The zero-order valence-electron chi connectivity index (χ0n) is 18.4. The third-order valence-corrected chi connectivity index (χ3v) is 5.84. The second kappa shape index (κ2) is 10.2. The molecule has 2 amide bonds. The van der Waals surface area contributed by atoms with Crippen molar-refractivity contribution in [2.75, 3.05) is 24.5 Å². The molecule has 1 aliphatic heterocycles. The molecule has 32 heavy (non-hydrogen) atoms. The quantitative estimate of drug-likeness (QED) is 0.628. The predicted octanol–water partition coefficient (Wildman–Crippen LogP) is 4.55. The lowest BCUT2D eigenvalue weighted by atomic mass is 10.0. The molecule has 0 spiro atoms. The summed E-state index contributed by atoms with van der Waals surface area (Å²) in [5, 5.41) is 3.15. The molecular weight excluding hydrogens is 398 g/mol. The summed E-state index contributed by atoms with van der Waals surface area (Å²) in [5.41, 5.74) is 3.50. The van der Waals surface area contributed by atoms with Crippen LogP contribution in [0.3, 0.4) is 0 Å². The second-order valence-corrected chi connectivity index (χ2v) is 8.29. The molecule has 3 aromatic rings. The molecule has 0 atom stereocenters. The summed E-state index contributed by atoms with van der Waals surface area (Å²) in [7, 11) is 0. The predicted molar refractivity (Wildman–Crippen MR) is 128 cm³/mol. The van der Waals surface area contributed by atoms with Crippen LogP contribution in [0.25, 0.3) is 0 Å². The minimum absolute atomic E-state index is 0.0254. The molecule has 0 saturated carbocycles. The maximum absolute atomic E-state index is 13.3. The molecule has 0 aromatic heterocycles. The van der Waals surface area contributed by atoms with E-state index in [2.05, 4.69) is 10.2 Å². The number of carbonyl (C=O) groups excluding carboxylic acids is 2. The Labute approximate surface area is 189 Å². The smallest absolute Gasteiger partial charge is 0.251 e. The van der Waals surface area contributed by atoms with Crippen molar-refractivity contribution in [2.24, 2.45) is 0 Å². The summed E-state index contributed by atoms with van der Waals surface area (Å²) in [6.45, 7) is 3.90. The highest BCUT2D eigenvalue weighted by atomic mass is 16.2. The maximum Gasteiger partial charge on any atom is 0.251 e. The Hall–Kier alpha value is -3.44. The van der Waals surface area contributed by atoms with Gasteiger partial charge in [0.2, 0.25) is 5.91 Å². The van der Waals surface area contributed by atoms with Crippen molar-refractivity contribution in [3.63, 3.8) is 0 Å². The van der Waals surface area contributed by atoms with Crippen molar-refractivity contribution in [2.45, 2.75) is 25.8 Å². The molecule has 1 N–H and O–H groups in total. The highest BCUT2D eigenvalue weighted by Gasteiger charge is 2.25. The monoisotopic (exact) mass is 427 g/mol. The molecular formula is C27H29N3O2. The van der Waals surface area contributed by atoms with Crippen LogP contribution in [0.2, 0.25) is 0 Å². The van der Waals surface area contributed by atoms with Gasteiger partial charge in [0.05, 0.1) is 6.54 Å². The number of amides is 2. The lowest BCUT2D eigenvalue weighted by molar-refractivity contribution is -0.119. The van der Waals surface area contributed by atoms with E-state index in [9.17, 15) is 9.59 Å².